The van der Waals surface area contributed by atoms with Gasteiger partial charge in [0.15, 0.2) is 0 Å². The van der Waals surface area contributed by atoms with E-state index in [-0.39, 0.29) is 0 Å². The van der Waals surface area contributed by atoms with E-state index in [2.05, 4.69) is 5.32 Å². The molecule has 1 aliphatic rings. The second kappa shape index (κ2) is 4.98. The minimum Gasteiger partial charge on any atom is -0.392 e. The molecule has 7 heteroatoms. The van der Waals surface area contributed by atoms with Gasteiger partial charge in [-0.15, -0.1) is 0 Å². The van der Waals surface area contributed by atoms with Gasteiger partial charge in [-0.1, -0.05) is 13.8 Å². The van der Waals surface area contributed by atoms with Crippen molar-refractivity contribution < 1.29 is 27.5 Å². The lowest BCUT2D eigenvalue weighted by atomic mass is 9.64. The van der Waals surface area contributed by atoms with Crippen LogP contribution >= 0.6 is 0 Å². The zero-order valence-electron chi connectivity index (χ0n) is 11.5. The first kappa shape index (κ1) is 15.8. The molecule has 1 amide bonds. The van der Waals surface area contributed by atoms with Crippen LogP contribution in [0.5, 0.6) is 0 Å². The Labute approximate surface area is 119 Å². The summed E-state index contributed by atoms with van der Waals surface area (Å²) in [4.78, 5) is 11.9. The van der Waals surface area contributed by atoms with E-state index >= 15 is 0 Å². The molecule has 2 atom stereocenters. The number of carbonyl (C=O) groups excluding carboxylic acids is 1. The number of carbonyl (C=O) groups is 1. The van der Waals surface area contributed by atoms with Crippen LogP contribution in [0.25, 0.3) is 0 Å². The molecule has 0 bridgehead atoms. The van der Waals surface area contributed by atoms with Gasteiger partial charge < -0.3 is 10.4 Å². The van der Waals surface area contributed by atoms with Gasteiger partial charge in [0.25, 0.3) is 5.91 Å². The van der Waals surface area contributed by atoms with Crippen LogP contribution in [0.4, 0.5) is 17.6 Å². The number of alkyl halides is 3. The average molecular weight is 305 g/mol. The zero-order chi connectivity index (χ0) is 16.0. The number of aliphatic hydroxyl groups is 1. The molecular formula is C14H15F4NO2. The van der Waals surface area contributed by atoms with Gasteiger partial charge in [-0.2, -0.15) is 13.2 Å². The largest absolute Gasteiger partial charge is 0.416 e. The van der Waals surface area contributed by atoms with E-state index in [1.54, 1.807) is 13.8 Å². The van der Waals surface area contributed by atoms with Crippen LogP contribution < -0.4 is 5.32 Å². The van der Waals surface area contributed by atoms with Crippen LogP contribution in [0.2, 0.25) is 0 Å². The van der Waals surface area contributed by atoms with Crippen LogP contribution in [-0.2, 0) is 6.18 Å². The van der Waals surface area contributed by atoms with Crippen molar-refractivity contribution >= 4 is 5.91 Å². The predicted molar refractivity (Wildman–Crippen MR) is 67.1 cm³/mol. The number of rotatable bonds is 2. The molecule has 2 N–H and O–H groups in total. The fourth-order valence-corrected chi connectivity index (χ4v) is 2.26. The van der Waals surface area contributed by atoms with Crippen molar-refractivity contribution in [3.05, 3.63) is 35.1 Å². The summed E-state index contributed by atoms with van der Waals surface area (Å²) < 4.78 is 51.3. The van der Waals surface area contributed by atoms with E-state index in [4.69, 9.17) is 0 Å². The Morgan fingerprint density at radius 2 is 2.00 bits per heavy atom. The molecule has 0 saturated heterocycles. The molecule has 2 unspecified atom stereocenters. The summed E-state index contributed by atoms with van der Waals surface area (Å²) in [5, 5.41) is 12.0. The quantitative estimate of drug-likeness (QED) is 0.826. The first-order chi connectivity index (χ1) is 9.53. The number of aliphatic hydroxyl groups excluding tert-OH is 1. The van der Waals surface area contributed by atoms with Gasteiger partial charge in [-0.05, 0) is 24.6 Å². The van der Waals surface area contributed by atoms with Gasteiger partial charge in [-0.3, -0.25) is 4.79 Å². The van der Waals surface area contributed by atoms with Crippen molar-refractivity contribution in [1.29, 1.82) is 0 Å². The zero-order valence-corrected chi connectivity index (χ0v) is 11.5. The van der Waals surface area contributed by atoms with Crippen LogP contribution in [0.15, 0.2) is 18.2 Å². The second-order valence-corrected chi connectivity index (χ2v) is 5.79. The summed E-state index contributed by atoms with van der Waals surface area (Å²) in [5.74, 6) is -1.93. The molecule has 0 aromatic heterocycles. The van der Waals surface area contributed by atoms with E-state index < -0.39 is 46.6 Å². The molecule has 1 aromatic carbocycles. The van der Waals surface area contributed by atoms with Crippen LogP contribution in [-0.4, -0.2) is 23.2 Å². The van der Waals surface area contributed by atoms with Gasteiger partial charge in [0.05, 0.1) is 17.2 Å². The molecule has 116 valence electrons. The highest BCUT2D eigenvalue weighted by atomic mass is 19.4. The molecule has 0 spiro atoms. The summed E-state index contributed by atoms with van der Waals surface area (Å²) in [5.41, 5.74) is -2.32. The molecule has 1 aromatic rings. The van der Waals surface area contributed by atoms with Gasteiger partial charge in [0.2, 0.25) is 0 Å². The first-order valence-corrected chi connectivity index (χ1v) is 6.39. The fourth-order valence-electron chi connectivity index (χ4n) is 2.26. The summed E-state index contributed by atoms with van der Waals surface area (Å²) >= 11 is 0. The molecule has 3 nitrogen and oxygen atoms in total. The van der Waals surface area contributed by atoms with Crippen molar-refractivity contribution in [3.8, 4) is 0 Å². The lowest BCUT2D eigenvalue weighted by molar-refractivity contribution is -0.137. The number of benzene rings is 1. The van der Waals surface area contributed by atoms with Crippen molar-refractivity contribution in [2.75, 3.05) is 0 Å². The van der Waals surface area contributed by atoms with Gasteiger partial charge in [0.1, 0.15) is 5.82 Å². The Bertz CT molecular complexity index is 569. The number of nitrogens with one attached hydrogen (secondary N) is 1. The topological polar surface area (TPSA) is 49.3 Å². The molecular weight excluding hydrogens is 290 g/mol. The fraction of sp³-hybridized carbons (Fsp3) is 0.500. The highest BCUT2D eigenvalue weighted by Crippen LogP contribution is 2.40. The normalized spacial score (nSPS) is 24.3. The Hall–Kier alpha value is -1.63. The van der Waals surface area contributed by atoms with E-state index in [1.807, 2.05) is 0 Å². The molecule has 1 saturated carbocycles. The molecule has 1 fully saturated rings. The molecule has 0 radical (unpaired) electrons. The van der Waals surface area contributed by atoms with Crippen molar-refractivity contribution in [2.45, 2.75) is 38.6 Å². The summed E-state index contributed by atoms with van der Waals surface area (Å²) in [6, 6.07) is 1.29. The Balaban J connectivity index is 2.20. The van der Waals surface area contributed by atoms with E-state index in [1.165, 1.54) is 0 Å². The van der Waals surface area contributed by atoms with Crippen molar-refractivity contribution in [1.82, 2.24) is 5.32 Å². The minimum absolute atomic E-state index is 0.291. The Morgan fingerprint density at radius 3 is 2.48 bits per heavy atom. The number of hydrogen-bond acceptors (Lipinski definition) is 2. The van der Waals surface area contributed by atoms with Crippen LogP contribution in [0, 0.1) is 11.2 Å². The van der Waals surface area contributed by atoms with Crippen LogP contribution in [0.1, 0.15) is 36.2 Å². The third-order valence-corrected chi connectivity index (χ3v) is 4.06. The molecule has 0 aliphatic heterocycles. The monoisotopic (exact) mass is 305 g/mol. The van der Waals surface area contributed by atoms with Gasteiger partial charge >= 0.3 is 6.18 Å². The third-order valence-electron chi connectivity index (χ3n) is 4.06. The standard InChI is InChI=1S/C14H15F4NO2/c1-13(2)10(6-11(13)20)19-12(21)8-5-7(14(16,17)18)3-4-9(8)15/h3-5,10-11,20H,6H2,1-2H3,(H,19,21). The number of amides is 1. The number of hydrogen-bond donors (Lipinski definition) is 2. The molecule has 1 aliphatic carbocycles. The van der Waals surface area contributed by atoms with Gasteiger partial charge in [0, 0.05) is 11.5 Å². The molecule has 21 heavy (non-hydrogen) atoms. The average Bonchev–Trinajstić information content (AvgIpc) is 2.37. The van der Waals surface area contributed by atoms with Crippen molar-refractivity contribution in [3.63, 3.8) is 0 Å². The highest BCUT2D eigenvalue weighted by Gasteiger charge is 2.48. The second-order valence-electron chi connectivity index (χ2n) is 5.79. The van der Waals surface area contributed by atoms with Gasteiger partial charge in [-0.25, -0.2) is 4.39 Å². The minimum atomic E-state index is -4.64. The third kappa shape index (κ3) is 2.88. The van der Waals surface area contributed by atoms with Crippen LogP contribution in [0.3, 0.4) is 0 Å². The lowest BCUT2D eigenvalue weighted by Gasteiger charge is -2.49. The lowest BCUT2D eigenvalue weighted by Crippen LogP contribution is -2.61. The molecule has 0 heterocycles. The van der Waals surface area contributed by atoms with Crippen molar-refractivity contribution in [2.24, 2.45) is 5.41 Å². The number of halogens is 4. The SMILES string of the molecule is CC1(C)C(O)CC1NC(=O)c1cc(C(F)(F)F)ccc1F. The first-order valence-electron chi connectivity index (χ1n) is 6.39. The smallest absolute Gasteiger partial charge is 0.392 e. The predicted octanol–water partition coefficient (Wildman–Crippen LogP) is 2.73. The Kier molecular flexibility index (Phi) is 3.73. The maximum atomic E-state index is 13.6. The Morgan fingerprint density at radius 1 is 1.38 bits per heavy atom. The summed E-state index contributed by atoms with van der Waals surface area (Å²) in [6.07, 6.45) is -4.96. The van der Waals surface area contributed by atoms with E-state index in [0.29, 0.717) is 24.6 Å². The molecule has 2 rings (SSSR count). The maximum Gasteiger partial charge on any atom is 0.416 e. The van der Waals surface area contributed by atoms with E-state index in [0.717, 1.165) is 0 Å². The summed E-state index contributed by atoms with van der Waals surface area (Å²) in [7, 11) is 0. The highest BCUT2D eigenvalue weighted by molar-refractivity contribution is 5.95. The maximum absolute atomic E-state index is 13.6. The van der Waals surface area contributed by atoms with E-state index in [9.17, 15) is 27.5 Å². The summed E-state index contributed by atoms with van der Waals surface area (Å²) in [6.45, 7) is 3.43.